The largest absolute Gasteiger partial charge is 0.416 e. The third kappa shape index (κ3) is 3.90. The second-order valence-electron chi connectivity index (χ2n) is 8.72. The molecule has 5 atom stereocenters. The van der Waals surface area contributed by atoms with Crippen LogP contribution in [0.25, 0.3) is 0 Å². The minimum absolute atomic E-state index is 0.00846. The van der Waals surface area contributed by atoms with E-state index in [1.165, 1.54) is 11.8 Å². The number of halogens is 5. The lowest BCUT2D eigenvalue weighted by Crippen LogP contribution is -2.58. The van der Waals surface area contributed by atoms with E-state index in [9.17, 15) is 30.4 Å². The number of benzene rings is 1. The van der Waals surface area contributed by atoms with Crippen molar-refractivity contribution in [3.8, 4) is 0 Å². The summed E-state index contributed by atoms with van der Waals surface area (Å²) in [7, 11) is -3.83. The Hall–Kier alpha value is -2.13. The lowest BCUT2D eigenvalue weighted by Gasteiger charge is -2.44. The van der Waals surface area contributed by atoms with Crippen LogP contribution in [0.3, 0.4) is 0 Å². The Morgan fingerprint density at radius 2 is 1.91 bits per heavy atom. The first-order valence-electron chi connectivity index (χ1n) is 10.5. The van der Waals surface area contributed by atoms with Gasteiger partial charge in [0.1, 0.15) is 17.7 Å². The van der Waals surface area contributed by atoms with Crippen LogP contribution in [0.1, 0.15) is 35.0 Å². The highest BCUT2D eigenvalue weighted by Crippen LogP contribution is 2.43. The van der Waals surface area contributed by atoms with E-state index < -0.39 is 57.6 Å². The summed E-state index contributed by atoms with van der Waals surface area (Å²) >= 11 is 0. The maximum atomic E-state index is 14.3. The molecule has 2 saturated heterocycles. The van der Waals surface area contributed by atoms with Gasteiger partial charge in [0.25, 0.3) is 10.0 Å². The summed E-state index contributed by atoms with van der Waals surface area (Å²) in [6.45, 7) is 1.56. The summed E-state index contributed by atoms with van der Waals surface area (Å²) in [5, 5.41) is 4.12. The Bertz CT molecular complexity index is 1230. The number of epoxide rings is 1. The van der Waals surface area contributed by atoms with E-state index >= 15 is 0 Å². The Balaban J connectivity index is 1.41. The van der Waals surface area contributed by atoms with Crippen molar-refractivity contribution in [3.63, 3.8) is 0 Å². The predicted octanol–water partition coefficient (Wildman–Crippen LogP) is 2.11. The van der Waals surface area contributed by atoms with E-state index in [1.54, 1.807) is 0 Å². The van der Waals surface area contributed by atoms with Gasteiger partial charge in [-0.25, -0.2) is 17.2 Å². The number of nitrogens with zero attached hydrogens (tertiary/aromatic N) is 3. The van der Waals surface area contributed by atoms with Crippen LogP contribution in [-0.4, -0.2) is 58.9 Å². The second-order valence-corrected chi connectivity index (χ2v) is 10.6. The van der Waals surface area contributed by atoms with Crippen LogP contribution < -0.4 is 5.73 Å². The van der Waals surface area contributed by atoms with Crippen LogP contribution in [-0.2, 0) is 32.6 Å². The third-order valence-electron chi connectivity index (χ3n) is 6.48. The molecule has 0 radical (unpaired) electrons. The predicted molar refractivity (Wildman–Crippen MR) is 107 cm³/mol. The van der Waals surface area contributed by atoms with Crippen LogP contribution in [0.15, 0.2) is 18.2 Å². The van der Waals surface area contributed by atoms with Crippen LogP contribution in [0.2, 0.25) is 0 Å². The van der Waals surface area contributed by atoms with E-state index in [0.29, 0.717) is 17.0 Å². The molecule has 2 aromatic rings. The fraction of sp³-hybridized carbons (Fsp3) is 0.550. The van der Waals surface area contributed by atoms with E-state index in [4.69, 9.17) is 15.2 Å². The Labute approximate surface area is 191 Å². The molecular formula is C20H21F5N4O4S. The SMILES string of the molecule is Cc1c2c(nn1S(=O)(=O)C1CO1)CN([C@@H]1C[C@H](N)[C@@H](c3cc(F)ccc3F)O[C@H]1C(F)(F)F)C2. The van der Waals surface area contributed by atoms with E-state index in [2.05, 4.69) is 5.10 Å². The average Bonchev–Trinajstić information content (AvgIpc) is 3.46. The molecule has 186 valence electrons. The van der Waals surface area contributed by atoms with Crippen LogP contribution in [0, 0.1) is 18.6 Å². The molecule has 8 nitrogen and oxygen atoms in total. The number of ether oxygens (including phenoxy) is 2. The molecule has 0 bridgehead atoms. The second kappa shape index (κ2) is 7.95. The molecule has 0 saturated carbocycles. The lowest BCUT2D eigenvalue weighted by atomic mass is 9.89. The molecule has 5 rings (SSSR count). The number of aromatic nitrogens is 2. The van der Waals surface area contributed by atoms with Gasteiger partial charge in [-0.3, -0.25) is 4.90 Å². The molecule has 2 N–H and O–H groups in total. The fourth-order valence-corrected chi connectivity index (χ4v) is 6.06. The topological polar surface area (TPSA) is 103 Å². The fourth-order valence-electron chi connectivity index (χ4n) is 4.71. The highest BCUT2D eigenvalue weighted by molar-refractivity contribution is 7.90. The molecule has 0 amide bonds. The molecule has 0 spiro atoms. The zero-order valence-corrected chi connectivity index (χ0v) is 18.6. The number of fused-ring (bicyclic) bond motifs is 1. The van der Waals surface area contributed by atoms with Crippen LogP contribution in [0.4, 0.5) is 22.0 Å². The van der Waals surface area contributed by atoms with Gasteiger partial charge in [-0.15, -0.1) is 0 Å². The first kappa shape index (κ1) is 23.6. The maximum absolute atomic E-state index is 14.3. The number of alkyl halides is 3. The Kier molecular flexibility index (Phi) is 5.52. The van der Waals surface area contributed by atoms with Gasteiger partial charge in [0.05, 0.1) is 18.0 Å². The Morgan fingerprint density at radius 1 is 1.21 bits per heavy atom. The van der Waals surface area contributed by atoms with Gasteiger partial charge in [0.2, 0.25) is 5.44 Å². The molecule has 0 aliphatic carbocycles. The van der Waals surface area contributed by atoms with Crippen molar-refractivity contribution in [2.45, 2.75) is 62.3 Å². The number of nitrogens with two attached hydrogens (primary N) is 1. The van der Waals surface area contributed by atoms with Crippen molar-refractivity contribution in [1.82, 2.24) is 14.1 Å². The van der Waals surface area contributed by atoms with Gasteiger partial charge in [0, 0.05) is 36.3 Å². The quantitative estimate of drug-likeness (QED) is 0.499. The summed E-state index contributed by atoms with van der Waals surface area (Å²) in [4.78, 5) is 1.48. The van der Waals surface area contributed by atoms with Crippen molar-refractivity contribution in [2.75, 3.05) is 6.61 Å². The number of rotatable bonds is 4. The van der Waals surface area contributed by atoms with Crippen molar-refractivity contribution in [1.29, 1.82) is 0 Å². The summed E-state index contributed by atoms with van der Waals surface area (Å²) in [5.74, 6) is -1.73. The molecule has 34 heavy (non-hydrogen) atoms. The van der Waals surface area contributed by atoms with Gasteiger partial charge >= 0.3 is 6.18 Å². The first-order chi connectivity index (χ1) is 15.9. The van der Waals surface area contributed by atoms with Gasteiger partial charge in [-0.05, 0) is 31.5 Å². The summed E-state index contributed by atoms with van der Waals surface area (Å²) in [6, 6.07) is 0.192. The first-order valence-corrected chi connectivity index (χ1v) is 12.0. The van der Waals surface area contributed by atoms with Gasteiger partial charge < -0.3 is 15.2 Å². The molecule has 3 aliphatic rings. The monoisotopic (exact) mass is 508 g/mol. The molecule has 4 heterocycles. The molecule has 1 unspecified atom stereocenters. The third-order valence-corrected chi connectivity index (χ3v) is 8.25. The molecule has 1 aromatic carbocycles. The van der Waals surface area contributed by atoms with Gasteiger partial charge in [0.15, 0.2) is 6.10 Å². The maximum Gasteiger partial charge on any atom is 0.416 e. The number of hydrogen-bond acceptors (Lipinski definition) is 7. The smallest absolute Gasteiger partial charge is 0.357 e. The molecule has 14 heteroatoms. The standard InChI is InChI=1S/C20H21F5N4O4S/c1-9-12-6-28(7-15(12)27-29(9)34(30,31)17-8-32-17)16-5-14(26)18(33-19(16)20(23,24)25)11-4-10(21)2-3-13(11)22/h2-4,14,16-19H,5-8,26H2,1H3/t14-,16+,17?,18+,19+/m0/s1. The molecule has 1 aromatic heterocycles. The van der Waals surface area contributed by atoms with Crippen molar-refractivity contribution >= 4 is 10.0 Å². The molecule has 2 fully saturated rings. The van der Waals surface area contributed by atoms with E-state index in [-0.39, 0.29) is 31.7 Å². The van der Waals surface area contributed by atoms with Crippen molar-refractivity contribution in [2.24, 2.45) is 5.73 Å². The summed E-state index contributed by atoms with van der Waals surface area (Å²) < 4.78 is 106. The number of hydrogen-bond donors (Lipinski definition) is 1. The van der Waals surface area contributed by atoms with Crippen molar-refractivity contribution < 1.29 is 39.8 Å². The zero-order valence-electron chi connectivity index (χ0n) is 17.8. The minimum atomic E-state index is -4.81. The average molecular weight is 508 g/mol. The normalized spacial score (nSPS) is 29.9. The highest BCUT2D eigenvalue weighted by atomic mass is 32.2. The van der Waals surface area contributed by atoms with Crippen LogP contribution >= 0.6 is 0 Å². The zero-order chi connectivity index (χ0) is 24.6. The van der Waals surface area contributed by atoms with Crippen LogP contribution in [0.5, 0.6) is 0 Å². The lowest BCUT2D eigenvalue weighted by molar-refractivity contribution is -0.269. The molecule has 3 aliphatic heterocycles. The minimum Gasteiger partial charge on any atom is -0.357 e. The van der Waals surface area contributed by atoms with E-state index in [1.807, 2.05) is 0 Å². The summed E-state index contributed by atoms with van der Waals surface area (Å²) in [6.07, 6.45) is -8.82. The molecular weight excluding hydrogens is 487 g/mol. The summed E-state index contributed by atoms with van der Waals surface area (Å²) in [5.41, 5.74) is 5.92. The van der Waals surface area contributed by atoms with E-state index in [0.717, 1.165) is 22.3 Å². The Morgan fingerprint density at radius 3 is 2.53 bits per heavy atom. The van der Waals surface area contributed by atoms with Gasteiger partial charge in [-0.2, -0.15) is 22.4 Å². The van der Waals surface area contributed by atoms with Crippen molar-refractivity contribution in [3.05, 3.63) is 52.3 Å². The highest BCUT2D eigenvalue weighted by Gasteiger charge is 2.54. The van der Waals surface area contributed by atoms with Gasteiger partial charge in [-0.1, -0.05) is 0 Å².